The monoisotopic (exact) mass is 356 g/mol. The third-order valence-electron chi connectivity index (χ3n) is 8.69. The average Bonchev–Trinajstić information content (AvgIpc) is 3.04. The van der Waals surface area contributed by atoms with Crippen LogP contribution < -0.4 is 0 Å². The Balaban J connectivity index is 1.87. The van der Waals surface area contributed by atoms with E-state index in [1.54, 1.807) is 82.4 Å². The Bertz CT molecular complexity index is 365. The average molecular weight is 357 g/mol. The van der Waals surface area contributed by atoms with Crippen molar-refractivity contribution in [3.05, 3.63) is 0 Å². The fourth-order valence-electron chi connectivity index (χ4n) is 6.95. The van der Waals surface area contributed by atoms with Crippen molar-refractivity contribution in [1.82, 2.24) is 0 Å². The standard InChI is InChI=1S/C21H42P2/c1-18(2)22(4)21-13-11-12-20(21)19(3)23(14-7-5-8-15-23)16-9-6-10-17-23/h18-21H,5-17H2,1-4H3/t19-,20?,21?,22?/m1/s1. The summed E-state index contributed by atoms with van der Waals surface area (Å²) in [6.45, 7) is 9.04. The summed E-state index contributed by atoms with van der Waals surface area (Å²) in [5, 5.41) is 0. The molecule has 0 radical (unpaired) electrons. The van der Waals surface area contributed by atoms with Crippen molar-refractivity contribution < 1.29 is 0 Å². The zero-order chi connectivity index (χ0) is 16.5. The third kappa shape index (κ3) is 3.31. The van der Waals surface area contributed by atoms with Crippen LogP contribution in [-0.4, -0.2) is 48.3 Å². The van der Waals surface area contributed by atoms with E-state index in [1.807, 2.05) is 0 Å². The van der Waals surface area contributed by atoms with Gasteiger partial charge in [-0.25, -0.2) is 0 Å². The van der Waals surface area contributed by atoms with Gasteiger partial charge >= 0.3 is 147 Å². The van der Waals surface area contributed by atoms with Crippen LogP contribution in [0.2, 0.25) is 0 Å². The molecule has 2 heteroatoms. The molecule has 3 fully saturated rings. The molecule has 1 saturated carbocycles. The molecular weight excluding hydrogens is 314 g/mol. The van der Waals surface area contributed by atoms with Crippen LogP contribution in [-0.2, 0) is 0 Å². The van der Waals surface area contributed by atoms with Crippen molar-refractivity contribution in [3.8, 4) is 0 Å². The van der Waals surface area contributed by atoms with Gasteiger partial charge in [0.1, 0.15) is 0 Å². The molecule has 2 saturated heterocycles. The van der Waals surface area contributed by atoms with Crippen LogP contribution in [0.4, 0.5) is 0 Å². The summed E-state index contributed by atoms with van der Waals surface area (Å²) in [7, 11) is 0.246. The summed E-state index contributed by atoms with van der Waals surface area (Å²) < 4.78 is 0. The van der Waals surface area contributed by atoms with E-state index in [2.05, 4.69) is 27.4 Å². The molecule has 3 rings (SSSR count). The Morgan fingerprint density at radius 3 is 1.74 bits per heavy atom. The van der Waals surface area contributed by atoms with Gasteiger partial charge in [0, 0.05) is 0 Å². The van der Waals surface area contributed by atoms with Crippen molar-refractivity contribution >= 4 is 14.5 Å². The summed E-state index contributed by atoms with van der Waals surface area (Å²) in [4.78, 5) is 0. The van der Waals surface area contributed by atoms with Crippen LogP contribution >= 0.6 is 14.5 Å². The van der Waals surface area contributed by atoms with Crippen molar-refractivity contribution in [3.63, 3.8) is 0 Å². The summed E-state index contributed by atoms with van der Waals surface area (Å²) in [5.74, 6) is 1.11. The third-order valence-corrected chi connectivity index (χ3v) is 20.8. The Labute approximate surface area is 147 Å². The molecule has 0 nitrogen and oxygen atoms in total. The molecule has 3 unspecified atom stereocenters. The van der Waals surface area contributed by atoms with Crippen molar-refractivity contribution in [1.29, 1.82) is 0 Å². The molecule has 4 atom stereocenters. The van der Waals surface area contributed by atoms with Gasteiger partial charge in [-0.2, -0.15) is 0 Å². The molecule has 2 heterocycles. The van der Waals surface area contributed by atoms with E-state index in [9.17, 15) is 0 Å². The topological polar surface area (TPSA) is 0 Å². The molecule has 1 aliphatic carbocycles. The van der Waals surface area contributed by atoms with Crippen LogP contribution in [0.3, 0.4) is 0 Å². The van der Waals surface area contributed by atoms with Crippen molar-refractivity contribution in [2.45, 2.75) is 95.5 Å². The number of hydrogen-bond acceptors (Lipinski definition) is 0. The van der Waals surface area contributed by atoms with E-state index < -0.39 is 6.60 Å². The van der Waals surface area contributed by atoms with E-state index >= 15 is 0 Å². The van der Waals surface area contributed by atoms with Gasteiger partial charge in [0.25, 0.3) is 0 Å². The van der Waals surface area contributed by atoms with Crippen LogP contribution in [0.25, 0.3) is 0 Å². The van der Waals surface area contributed by atoms with Crippen LogP contribution in [0, 0.1) is 5.92 Å². The molecule has 3 aliphatic rings. The van der Waals surface area contributed by atoms with E-state index in [0.717, 1.165) is 22.9 Å². The summed E-state index contributed by atoms with van der Waals surface area (Å²) >= 11 is 0. The van der Waals surface area contributed by atoms with Gasteiger partial charge in [0.2, 0.25) is 0 Å². The van der Waals surface area contributed by atoms with Gasteiger partial charge in [0.05, 0.1) is 0 Å². The van der Waals surface area contributed by atoms with Gasteiger partial charge in [-0.05, 0) is 0 Å². The minimum absolute atomic E-state index is 0.246. The first kappa shape index (κ1) is 18.6. The first-order valence-electron chi connectivity index (χ1n) is 10.7. The fraction of sp³-hybridized carbons (Fsp3) is 1.00. The molecule has 1 spiro atoms. The maximum absolute atomic E-state index is 2.79. The van der Waals surface area contributed by atoms with E-state index in [-0.39, 0.29) is 7.92 Å². The SMILES string of the molecule is CC(C)P(C)C1CCCC1[C@@H](C)P12(CCCCC1)CCCCC2. The molecule has 0 aromatic heterocycles. The molecule has 136 valence electrons. The predicted molar refractivity (Wildman–Crippen MR) is 113 cm³/mol. The zero-order valence-electron chi connectivity index (χ0n) is 16.4. The Hall–Kier alpha value is 0.860. The second-order valence-electron chi connectivity index (χ2n) is 9.75. The quantitative estimate of drug-likeness (QED) is 0.476. The van der Waals surface area contributed by atoms with Crippen molar-refractivity contribution in [2.24, 2.45) is 5.92 Å². The molecule has 23 heavy (non-hydrogen) atoms. The molecule has 0 aromatic rings. The molecule has 0 aromatic carbocycles. The normalized spacial score (nSPS) is 38.0. The molecule has 0 N–H and O–H groups in total. The fourth-order valence-corrected chi connectivity index (χ4v) is 18.2. The summed E-state index contributed by atoms with van der Waals surface area (Å²) in [6, 6.07) is 0. The van der Waals surface area contributed by atoms with E-state index in [1.165, 1.54) is 0 Å². The van der Waals surface area contributed by atoms with E-state index in [0.29, 0.717) is 0 Å². The van der Waals surface area contributed by atoms with Gasteiger partial charge in [-0.3, -0.25) is 0 Å². The molecule has 2 aliphatic heterocycles. The number of hydrogen-bond donors (Lipinski definition) is 0. The first-order chi connectivity index (χ1) is 11.0. The van der Waals surface area contributed by atoms with Gasteiger partial charge in [-0.1, -0.05) is 0 Å². The van der Waals surface area contributed by atoms with E-state index in [4.69, 9.17) is 0 Å². The first-order valence-corrected chi connectivity index (χ1v) is 15.7. The van der Waals surface area contributed by atoms with Crippen LogP contribution in [0.1, 0.15) is 78.6 Å². The minimum atomic E-state index is -1.39. The van der Waals surface area contributed by atoms with Gasteiger partial charge in [-0.15, -0.1) is 0 Å². The zero-order valence-corrected chi connectivity index (χ0v) is 18.2. The Kier molecular flexibility index (Phi) is 5.86. The molecule has 0 amide bonds. The summed E-state index contributed by atoms with van der Waals surface area (Å²) in [5.41, 5.74) is 3.17. The maximum atomic E-state index is 2.79. The molecule has 0 bridgehead atoms. The van der Waals surface area contributed by atoms with Gasteiger partial charge < -0.3 is 0 Å². The Morgan fingerprint density at radius 2 is 1.26 bits per heavy atom. The summed E-state index contributed by atoms with van der Waals surface area (Å²) in [6.07, 6.45) is 21.0. The van der Waals surface area contributed by atoms with Crippen molar-refractivity contribution in [2.75, 3.05) is 31.3 Å². The Morgan fingerprint density at radius 1 is 0.739 bits per heavy atom. The van der Waals surface area contributed by atoms with Crippen LogP contribution in [0.5, 0.6) is 0 Å². The second kappa shape index (κ2) is 7.23. The predicted octanol–water partition coefficient (Wildman–Crippen LogP) is 6.98. The number of rotatable bonds is 4. The van der Waals surface area contributed by atoms with Gasteiger partial charge in [0.15, 0.2) is 0 Å². The van der Waals surface area contributed by atoms with Crippen LogP contribution in [0.15, 0.2) is 0 Å². The second-order valence-corrected chi connectivity index (χ2v) is 19.5. The molecular formula is C21H42P2.